The summed E-state index contributed by atoms with van der Waals surface area (Å²) in [4.78, 5) is 4.16. The summed E-state index contributed by atoms with van der Waals surface area (Å²) < 4.78 is 5.40. The van der Waals surface area contributed by atoms with E-state index in [1.807, 2.05) is 32.3 Å². The van der Waals surface area contributed by atoms with Crippen LogP contribution in [0.5, 0.6) is 5.75 Å². The van der Waals surface area contributed by atoms with Gasteiger partial charge in [-0.05, 0) is 32.0 Å². The fraction of sp³-hybridized carbons (Fsp3) is 0.417. The molecule has 15 heavy (non-hydrogen) atoms. The summed E-state index contributed by atoms with van der Waals surface area (Å²) >= 11 is 0. The normalized spacial score (nSPS) is 12.1. The number of rotatable bonds is 6. The van der Waals surface area contributed by atoms with E-state index < -0.39 is 0 Å². The Morgan fingerprint density at radius 3 is 3.00 bits per heavy atom. The molecule has 0 aromatic carbocycles. The Balaban J connectivity index is 2.81. The third-order valence-corrected chi connectivity index (χ3v) is 2.20. The van der Waals surface area contributed by atoms with Crippen LogP contribution in [-0.2, 0) is 0 Å². The van der Waals surface area contributed by atoms with E-state index in [4.69, 9.17) is 4.74 Å². The molecular formula is C12H18N2O. The van der Waals surface area contributed by atoms with Crippen molar-refractivity contribution in [3.63, 3.8) is 0 Å². The summed E-state index contributed by atoms with van der Waals surface area (Å²) in [6.45, 7) is 6.37. The maximum absolute atomic E-state index is 5.40. The van der Waals surface area contributed by atoms with Gasteiger partial charge >= 0.3 is 0 Å². The molecule has 0 bridgehead atoms. The molecule has 3 nitrogen and oxygen atoms in total. The minimum atomic E-state index is 0.260. The highest BCUT2D eigenvalue weighted by atomic mass is 16.5. The first-order valence-electron chi connectivity index (χ1n) is 5.17. The summed E-state index contributed by atoms with van der Waals surface area (Å²) in [6, 6.07) is 2.27. The lowest BCUT2D eigenvalue weighted by molar-refractivity contribution is 0.338. The topological polar surface area (TPSA) is 34.2 Å². The molecule has 0 aliphatic rings. The van der Waals surface area contributed by atoms with E-state index in [1.54, 1.807) is 6.20 Å². The van der Waals surface area contributed by atoms with Gasteiger partial charge in [0.1, 0.15) is 5.75 Å². The smallest absolute Gasteiger partial charge is 0.137 e. The molecule has 1 N–H and O–H groups in total. The molecule has 0 aliphatic heterocycles. The lowest BCUT2D eigenvalue weighted by Crippen LogP contribution is -2.15. The maximum Gasteiger partial charge on any atom is 0.137 e. The van der Waals surface area contributed by atoms with Crippen LogP contribution in [0.4, 0.5) is 0 Å². The molecule has 1 aromatic rings. The number of pyridine rings is 1. The third-order valence-electron chi connectivity index (χ3n) is 2.20. The van der Waals surface area contributed by atoms with Crippen LogP contribution in [-0.4, -0.2) is 18.6 Å². The van der Waals surface area contributed by atoms with Crippen molar-refractivity contribution < 1.29 is 4.74 Å². The number of ether oxygens (including phenoxy) is 1. The first kappa shape index (κ1) is 11.7. The van der Waals surface area contributed by atoms with Gasteiger partial charge in [0, 0.05) is 12.2 Å². The predicted molar refractivity (Wildman–Crippen MR) is 62.0 cm³/mol. The number of hydrogen-bond acceptors (Lipinski definition) is 3. The fourth-order valence-corrected chi connectivity index (χ4v) is 1.46. The molecular weight excluding hydrogens is 188 g/mol. The molecule has 0 radical (unpaired) electrons. The molecule has 1 rings (SSSR count). The van der Waals surface area contributed by atoms with E-state index in [0.717, 1.165) is 17.7 Å². The SMILES string of the molecule is C=CCC(NC)c1cncc(OCC)c1. The summed E-state index contributed by atoms with van der Waals surface area (Å²) in [5.41, 5.74) is 1.13. The third kappa shape index (κ3) is 3.36. The van der Waals surface area contributed by atoms with Crippen molar-refractivity contribution in [2.24, 2.45) is 0 Å². The van der Waals surface area contributed by atoms with Crippen molar-refractivity contribution in [1.82, 2.24) is 10.3 Å². The molecule has 0 spiro atoms. The molecule has 3 heteroatoms. The van der Waals surface area contributed by atoms with E-state index in [9.17, 15) is 0 Å². The van der Waals surface area contributed by atoms with Gasteiger partial charge in [-0.3, -0.25) is 4.98 Å². The highest BCUT2D eigenvalue weighted by molar-refractivity contribution is 5.26. The van der Waals surface area contributed by atoms with E-state index in [0.29, 0.717) is 6.61 Å². The van der Waals surface area contributed by atoms with Crippen LogP contribution >= 0.6 is 0 Å². The number of nitrogens with one attached hydrogen (secondary N) is 1. The zero-order valence-electron chi connectivity index (χ0n) is 9.36. The van der Waals surface area contributed by atoms with Crippen LogP contribution in [0.15, 0.2) is 31.1 Å². The van der Waals surface area contributed by atoms with Gasteiger partial charge in [0.25, 0.3) is 0 Å². The van der Waals surface area contributed by atoms with Crippen LogP contribution in [0.2, 0.25) is 0 Å². The van der Waals surface area contributed by atoms with Gasteiger partial charge in [0.05, 0.1) is 12.8 Å². The second kappa shape index (κ2) is 6.19. The number of aromatic nitrogens is 1. The zero-order chi connectivity index (χ0) is 11.1. The van der Waals surface area contributed by atoms with Crippen molar-refractivity contribution in [3.8, 4) is 5.75 Å². The monoisotopic (exact) mass is 206 g/mol. The van der Waals surface area contributed by atoms with Gasteiger partial charge in [0.15, 0.2) is 0 Å². The highest BCUT2D eigenvalue weighted by Crippen LogP contribution is 2.20. The Labute approximate surface area is 91.2 Å². The van der Waals surface area contributed by atoms with Gasteiger partial charge in [-0.15, -0.1) is 6.58 Å². The minimum Gasteiger partial charge on any atom is -0.492 e. The Hall–Kier alpha value is -1.35. The van der Waals surface area contributed by atoms with Crippen LogP contribution in [0.25, 0.3) is 0 Å². The van der Waals surface area contributed by atoms with E-state index in [1.165, 1.54) is 0 Å². The van der Waals surface area contributed by atoms with E-state index in [2.05, 4.69) is 16.9 Å². The summed E-state index contributed by atoms with van der Waals surface area (Å²) in [6.07, 6.45) is 6.36. The Morgan fingerprint density at radius 2 is 2.40 bits per heavy atom. The van der Waals surface area contributed by atoms with Crippen LogP contribution < -0.4 is 10.1 Å². The fourth-order valence-electron chi connectivity index (χ4n) is 1.46. The standard InChI is InChI=1S/C12H18N2O/c1-4-6-12(13-3)10-7-11(15-5-2)9-14-8-10/h4,7-9,12-13H,1,5-6H2,2-3H3. The van der Waals surface area contributed by atoms with Gasteiger partial charge in [-0.1, -0.05) is 6.08 Å². The lowest BCUT2D eigenvalue weighted by Gasteiger charge is -2.14. The van der Waals surface area contributed by atoms with Gasteiger partial charge in [-0.2, -0.15) is 0 Å². The van der Waals surface area contributed by atoms with Crippen LogP contribution in [0.1, 0.15) is 24.9 Å². The quantitative estimate of drug-likeness (QED) is 0.725. The highest BCUT2D eigenvalue weighted by Gasteiger charge is 2.08. The molecule has 1 unspecified atom stereocenters. The summed E-state index contributed by atoms with van der Waals surface area (Å²) in [5.74, 6) is 0.819. The van der Waals surface area contributed by atoms with Gasteiger partial charge in [0.2, 0.25) is 0 Å². The number of hydrogen-bond donors (Lipinski definition) is 1. The van der Waals surface area contributed by atoms with Crippen molar-refractivity contribution in [2.45, 2.75) is 19.4 Å². The summed E-state index contributed by atoms with van der Waals surface area (Å²) in [5, 5.41) is 3.22. The Bertz CT molecular complexity index is 312. The second-order valence-corrected chi connectivity index (χ2v) is 3.25. The molecule has 0 fully saturated rings. The second-order valence-electron chi connectivity index (χ2n) is 3.25. The van der Waals surface area contributed by atoms with Gasteiger partial charge < -0.3 is 10.1 Å². The van der Waals surface area contributed by atoms with Crippen LogP contribution in [0, 0.1) is 0 Å². The van der Waals surface area contributed by atoms with Gasteiger partial charge in [-0.25, -0.2) is 0 Å². The maximum atomic E-state index is 5.40. The molecule has 0 saturated carbocycles. The molecule has 1 atom stereocenters. The molecule has 1 heterocycles. The average molecular weight is 206 g/mol. The van der Waals surface area contributed by atoms with E-state index >= 15 is 0 Å². The van der Waals surface area contributed by atoms with E-state index in [-0.39, 0.29) is 6.04 Å². The molecule has 0 saturated heterocycles. The molecule has 0 amide bonds. The first-order valence-corrected chi connectivity index (χ1v) is 5.17. The molecule has 1 aromatic heterocycles. The lowest BCUT2D eigenvalue weighted by atomic mass is 10.1. The van der Waals surface area contributed by atoms with Crippen molar-refractivity contribution in [2.75, 3.05) is 13.7 Å². The molecule has 0 aliphatic carbocycles. The minimum absolute atomic E-state index is 0.260. The average Bonchev–Trinajstić information content (AvgIpc) is 2.27. The zero-order valence-corrected chi connectivity index (χ0v) is 9.36. The molecule has 82 valence electrons. The van der Waals surface area contributed by atoms with Crippen molar-refractivity contribution in [1.29, 1.82) is 0 Å². The summed E-state index contributed by atoms with van der Waals surface area (Å²) in [7, 11) is 1.93. The van der Waals surface area contributed by atoms with Crippen LogP contribution in [0.3, 0.4) is 0 Å². The number of nitrogens with zero attached hydrogens (tertiary/aromatic N) is 1. The predicted octanol–water partition coefficient (Wildman–Crippen LogP) is 2.32. The largest absolute Gasteiger partial charge is 0.492 e. The Morgan fingerprint density at radius 1 is 1.60 bits per heavy atom. The van der Waals surface area contributed by atoms with Crippen molar-refractivity contribution >= 4 is 0 Å². The first-order chi connectivity index (χ1) is 7.31. The van der Waals surface area contributed by atoms with Crippen molar-refractivity contribution in [3.05, 3.63) is 36.7 Å². The Kier molecular flexibility index (Phi) is 4.84.